The minimum atomic E-state index is -0.153. The number of nitrogens with one attached hydrogen (secondary N) is 2. The fraction of sp³-hybridized carbons (Fsp3) is 0.0714. The number of halogens is 2. The van der Waals surface area contributed by atoms with Crippen LogP contribution in [0.1, 0.15) is 10.4 Å². The van der Waals surface area contributed by atoms with Gasteiger partial charge in [0.2, 0.25) is 0 Å². The molecule has 4 N–H and O–H groups in total. The molecule has 0 saturated carbocycles. The molecule has 4 nitrogen and oxygen atoms in total. The van der Waals surface area contributed by atoms with E-state index < -0.39 is 0 Å². The Hall–Kier alpha value is -1.53. The predicted molar refractivity (Wildman–Crippen MR) is 89.4 cm³/mol. The van der Waals surface area contributed by atoms with E-state index in [2.05, 4.69) is 42.5 Å². The highest BCUT2D eigenvalue weighted by Gasteiger charge is 2.10. The van der Waals surface area contributed by atoms with Crippen molar-refractivity contribution in [1.82, 2.24) is 5.32 Å². The van der Waals surface area contributed by atoms with Crippen LogP contribution in [0.4, 0.5) is 17.1 Å². The van der Waals surface area contributed by atoms with Gasteiger partial charge >= 0.3 is 0 Å². The summed E-state index contributed by atoms with van der Waals surface area (Å²) in [5.41, 5.74) is 8.61. The summed E-state index contributed by atoms with van der Waals surface area (Å²) >= 11 is 6.96. The van der Waals surface area contributed by atoms with Crippen molar-refractivity contribution in [3.63, 3.8) is 0 Å². The summed E-state index contributed by atoms with van der Waals surface area (Å²) in [4.78, 5) is 11.7. The first kappa shape index (κ1) is 14.9. The number of hydrogen-bond donors (Lipinski definition) is 3. The molecule has 0 radical (unpaired) electrons. The molecule has 20 heavy (non-hydrogen) atoms. The molecule has 6 heteroatoms. The first-order chi connectivity index (χ1) is 9.52. The van der Waals surface area contributed by atoms with Crippen molar-refractivity contribution in [1.29, 1.82) is 0 Å². The van der Waals surface area contributed by atoms with Gasteiger partial charge in [-0.3, -0.25) is 4.79 Å². The summed E-state index contributed by atoms with van der Waals surface area (Å²) < 4.78 is 1.80. The van der Waals surface area contributed by atoms with Crippen molar-refractivity contribution in [2.45, 2.75) is 0 Å². The molecule has 0 saturated heterocycles. The van der Waals surface area contributed by atoms with Gasteiger partial charge in [0.25, 0.3) is 5.91 Å². The van der Waals surface area contributed by atoms with E-state index in [1.807, 2.05) is 18.2 Å². The Morgan fingerprint density at radius 3 is 2.40 bits per heavy atom. The number of hydrogen-bond acceptors (Lipinski definition) is 3. The summed E-state index contributed by atoms with van der Waals surface area (Å²) in [6.45, 7) is 0. The number of nitrogen functional groups attached to an aromatic ring is 1. The summed E-state index contributed by atoms with van der Waals surface area (Å²) in [6, 6.07) is 10.9. The van der Waals surface area contributed by atoms with Gasteiger partial charge in [-0.1, -0.05) is 6.07 Å². The molecular formula is C14H13Br2N3O. The maximum atomic E-state index is 11.7. The Balaban J connectivity index is 2.40. The van der Waals surface area contributed by atoms with Gasteiger partial charge < -0.3 is 16.4 Å². The number of para-hydroxylation sites is 1. The van der Waals surface area contributed by atoms with E-state index in [1.54, 1.807) is 25.2 Å². The topological polar surface area (TPSA) is 67.2 Å². The molecule has 0 bridgehead atoms. The molecule has 2 aromatic carbocycles. The van der Waals surface area contributed by atoms with E-state index in [-0.39, 0.29) is 5.91 Å². The number of amides is 1. The second-order valence-electron chi connectivity index (χ2n) is 4.10. The number of carbonyl (C=O) groups excluding carboxylic acids is 1. The normalized spacial score (nSPS) is 10.2. The van der Waals surface area contributed by atoms with E-state index in [4.69, 9.17) is 5.73 Å². The van der Waals surface area contributed by atoms with Crippen LogP contribution in [0.5, 0.6) is 0 Å². The highest BCUT2D eigenvalue weighted by Crippen LogP contribution is 2.35. The summed E-state index contributed by atoms with van der Waals surface area (Å²) in [7, 11) is 1.59. The van der Waals surface area contributed by atoms with Crippen LogP contribution in [0.15, 0.2) is 45.3 Å². The molecule has 0 aliphatic heterocycles. The molecule has 0 aliphatic rings. The molecule has 104 valence electrons. The Morgan fingerprint density at radius 1 is 1.15 bits per heavy atom. The number of carbonyl (C=O) groups is 1. The van der Waals surface area contributed by atoms with E-state index >= 15 is 0 Å². The van der Waals surface area contributed by atoms with Crippen LogP contribution in [0.3, 0.4) is 0 Å². The molecule has 0 spiro atoms. The van der Waals surface area contributed by atoms with Gasteiger partial charge in [0.1, 0.15) is 0 Å². The first-order valence-electron chi connectivity index (χ1n) is 5.85. The van der Waals surface area contributed by atoms with E-state index in [0.717, 1.165) is 14.6 Å². The van der Waals surface area contributed by atoms with Crippen LogP contribution in [0.25, 0.3) is 0 Å². The molecule has 2 rings (SSSR count). The number of nitrogens with two attached hydrogens (primary N) is 1. The lowest BCUT2D eigenvalue weighted by Crippen LogP contribution is -2.18. The number of benzene rings is 2. The van der Waals surface area contributed by atoms with Crippen LogP contribution in [-0.4, -0.2) is 13.0 Å². The van der Waals surface area contributed by atoms with Crippen molar-refractivity contribution >= 4 is 54.8 Å². The van der Waals surface area contributed by atoms with E-state index in [1.165, 1.54) is 0 Å². The Morgan fingerprint density at radius 2 is 1.80 bits per heavy atom. The van der Waals surface area contributed by atoms with Crippen molar-refractivity contribution in [2.75, 3.05) is 18.1 Å². The van der Waals surface area contributed by atoms with Gasteiger partial charge in [0, 0.05) is 21.6 Å². The molecule has 0 atom stereocenters. The van der Waals surface area contributed by atoms with E-state index in [9.17, 15) is 4.79 Å². The van der Waals surface area contributed by atoms with Crippen LogP contribution < -0.4 is 16.4 Å². The molecule has 2 aromatic rings. The maximum Gasteiger partial charge on any atom is 0.251 e. The highest BCUT2D eigenvalue weighted by atomic mass is 79.9. The fourth-order valence-electron chi connectivity index (χ4n) is 1.70. The second-order valence-corrected chi connectivity index (χ2v) is 5.81. The lowest BCUT2D eigenvalue weighted by atomic mass is 10.1. The molecule has 0 aliphatic carbocycles. The van der Waals surface area contributed by atoms with Gasteiger partial charge in [-0.25, -0.2) is 0 Å². The maximum absolute atomic E-state index is 11.7. The molecule has 1 amide bonds. The number of rotatable bonds is 3. The van der Waals surface area contributed by atoms with Crippen LogP contribution in [-0.2, 0) is 0 Å². The average molecular weight is 399 g/mol. The zero-order chi connectivity index (χ0) is 14.7. The molecule has 0 fully saturated rings. The highest BCUT2D eigenvalue weighted by molar-refractivity contribution is 9.11. The van der Waals surface area contributed by atoms with Gasteiger partial charge in [-0.2, -0.15) is 0 Å². The third-order valence-corrected chi connectivity index (χ3v) is 4.09. The van der Waals surface area contributed by atoms with E-state index in [0.29, 0.717) is 16.9 Å². The van der Waals surface area contributed by atoms with Crippen LogP contribution >= 0.6 is 31.9 Å². The molecule has 0 aromatic heterocycles. The van der Waals surface area contributed by atoms with Gasteiger partial charge in [-0.15, -0.1) is 0 Å². The zero-order valence-electron chi connectivity index (χ0n) is 10.7. The minimum Gasteiger partial charge on any atom is -0.397 e. The van der Waals surface area contributed by atoms with Crippen molar-refractivity contribution in [2.24, 2.45) is 0 Å². The Kier molecular flexibility index (Phi) is 4.67. The fourth-order valence-corrected chi connectivity index (χ4v) is 2.90. The van der Waals surface area contributed by atoms with Gasteiger partial charge in [0.05, 0.1) is 17.1 Å². The lowest BCUT2D eigenvalue weighted by molar-refractivity contribution is 0.0963. The summed E-state index contributed by atoms with van der Waals surface area (Å²) in [5.74, 6) is -0.153. The largest absolute Gasteiger partial charge is 0.397 e. The zero-order valence-corrected chi connectivity index (χ0v) is 13.9. The SMILES string of the molecule is CNC(=O)c1ccc(N)c(Nc2c(Br)cccc2Br)c1. The summed E-state index contributed by atoms with van der Waals surface area (Å²) in [6.07, 6.45) is 0. The van der Waals surface area contributed by atoms with Gasteiger partial charge in [0.15, 0.2) is 0 Å². The predicted octanol–water partition coefficient (Wildman–Crippen LogP) is 3.90. The average Bonchev–Trinajstić information content (AvgIpc) is 2.44. The first-order valence-corrected chi connectivity index (χ1v) is 7.44. The molecule has 0 unspecified atom stereocenters. The second kappa shape index (κ2) is 6.28. The summed E-state index contributed by atoms with van der Waals surface area (Å²) in [5, 5.41) is 5.82. The minimum absolute atomic E-state index is 0.153. The third kappa shape index (κ3) is 3.13. The molecular weight excluding hydrogens is 386 g/mol. The smallest absolute Gasteiger partial charge is 0.251 e. The molecule has 0 heterocycles. The van der Waals surface area contributed by atoms with Crippen molar-refractivity contribution in [3.05, 3.63) is 50.9 Å². The lowest BCUT2D eigenvalue weighted by Gasteiger charge is -2.13. The number of anilines is 3. The van der Waals surface area contributed by atoms with Crippen LogP contribution in [0.2, 0.25) is 0 Å². The third-order valence-electron chi connectivity index (χ3n) is 2.76. The van der Waals surface area contributed by atoms with Crippen molar-refractivity contribution < 1.29 is 4.79 Å². The monoisotopic (exact) mass is 397 g/mol. The Labute approximate surface area is 134 Å². The van der Waals surface area contributed by atoms with Crippen molar-refractivity contribution in [3.8, 4) is 0 Å². The van der Waals surface area contributed by atoms with Crippen LogP contribution in [0, 0.1) is 0 Å². The quantitative estimate of drug-likeness (QED) is 0.687. The Bertz CT molecular complexity index is 639. The standard InChI is InChI=1S/C14H13Br2N3O/c1-18-14(20)8-5-6-11(17)12(7-8)19-13-9(15)3-2-4-10(13)16/h2-7,19H,17H2,1H3,(H,18,20). The van der Waals surface area contributed by atoms with Gasteiger partial charge in [-0.05, 0) is 62.2 Å².